The Morgan fingerprint density at radius 3 is 2.88 bits per heavy atom. The number of benzene rings is 1. The van der Waals surface area contributed by atoms with Crippen molar-refractivity contribution < 1.29 is 19.0 Å². The van der Waals surface area contributed by atoms with Crippen molar-refractivity contribution in [3.63, 3.8) is 0 Å². The van der Waals surface area contributed by atoms with Crippen LogP contribution < -0.4 is 0 Å². The molecule has 0 aliphatic rings. The number of carbonyl (C=O) groups is 1. The lowest BCUT2D eigenvalue weighted by Gasteiger charge is -2.04. The largest absolute Gasteiger partial charge is 0.478 e. The summed E-state index contributed by atoms with van der Waals surface area (Å²) in [7, 11) is 1.65. The summed E-state index contributed by atoms with van der Waals surface area (Å²) in [4.78, 5) is 10.7. The molecule has 1 rings (SSSR count). The fraction of sp³-hybridized carbons (Fsp3) is 0.417. The van der Waals surface area contributed by atoms with Crippen LogP contribution >= 0.6 is 11.8 Å². The Morgan fingerprint density at radius 2 is 2.24 bits per heavy atom. The molecule has 1 aromatic carbocycles. The second-order valence-electron chi connectivity index (χ2n) is 3.55. The minimum absolute atomic E-state index is 0.00232. The van der Waals surface area contributed by atoms with Crippen molar-refractivity contribution in [3.8, 4) is 0 Å². The molecule has 0 unspecified atom stereocenters. The van der Waals surface area contributed by atoms with Crippen LogP contribution in [0.15, 0.2) is 18.2 Å². The summed E-state index contributed by atoms with van der Waals surface area (Å²) in [6, 6.07) is 3.91. The highest BCUT2D eigenvalue weighted by Gasteiger charge is 2.06. The van der Waals surface area contributed by atoms with Gasteiger partial charge in [-0.15, -0.1) is 0 Å². The second-order valence-corrected chi connectivity index (χ2v) is 4.66. The molecule has 5 heteroatoms. The van der Waals surface area contributed by atoms with Gasteiger partial charge in [-0.25, -0.2) is 9.18 Å². The first-order chi connectivity index (χ1) is 8.13. The summed E-state index contributed by atoms with van der Waals surface area (Å²) < 4.78 is 18.0. The zero-order valence-corrected chi connectivity index (χ0v) is 10.4. The van der Waals surface area contributed by atoms with Crippen LogP contribution in [0.2, 0.25) is 0 Å². The van der Waals surface area contributed by atoms with Gasteiger partial charge in [0.05, 0.1) is 5.56 Å². The van der Waals surface area contributed by atoms with E-state index in [0.29, 0.717) is 17.9 Å². The lowest BCUT2D eigenvalue weighted by molar-refractivity contribution is 0.0696. The molecule has 0 aromatic heterocycles. The molecule has 0 saturated carbocycles. The van der Waals surface area contributed by atoms with Crippen LogP contribution in [0.4, 0.5) is 4.39 Å². The first-order valence-corrected chi connectivity index (χ1v) is 6.38. The van der Waals surface area contributed by atoms with E-state index in [9.17, 15) is 9.18 Å². The average molecular weight is 258 g/mol. The molecule has 94 valence electrons. The Hall–Kier alpha value is -1.07. The Kier molecular flexibility index (Phi) is 6.00. The molecule has 1 aromatic rings. The smallest absolute Gasteiger partial charge is 0.335 e. The molecule has 0 saturated heterocycles. The quantitative estimate of drug-likeness (QED) is 0.764. The summed E-state index contributed by atoms with van der Waals surface area (Å²) in [6.07, 6.45) is 0.933. The Bertz CT molecular complexity index is 382. The fourth-order valence-corrected chi connectivity index (χ4v) is 2.22. The zero-order chi connectivity index (χ0) is 12.7. The summed E-state index contributed by atoms with van der Waals surface area (Å²) in [5.41, 5.74) is 0.697. The van der Waals surface area contributed by atoms with E-state index < -0.39 is 11.8 Å². The van der Waals surface area contributed by atoms with Crippen molar-refractivity contribution >= 4 is 17.7 Å². The average Bonchev–Trinajstić information content (AvgIpc) is 2.28. The van der Waals surface area contributed by atoms with Crippen molar-refractivity contribution in [2.75, 3.05) is 19.5 Å². The maximum Gasteiger partial charge on any atom is 0.335 e. The number of thioether (sulfide) groups is 1. The van der Waals surface area contributed by atoms with Gasteiger partial charge in [0.15, 0.2) is 0 Å². The Morgan fingerprint density at radius 1 is 1.47 bits per heavy atom. The highest BCUT2D eigenvalue weighted by molar-refractivity contribution is 7.98. The maximum atomic E-state index is 13.1. The number of carboxylic acid groups (broad SMARTS) is 1. The van der Waals surface area contributed by atoms with Gasteiger partial charge in [0.25, 0.3) is 0 Å². The van der Waals surface area contributed by atoms with E-state index in [-0.39, 0.29) is 5.56 Å². The van der Waals surface area contributed by atoms with Crippen LogP contribution in [0.3, 0.4) is 0 Å². The third-order valence-electron chi connectivity index (χ3n) is 2.11. The number of carboxylic acids is 1. The van der Waals surface area contributed by atoms with Crippen molar-refractivity contribution in [3.05, 3.63) is 35.1 Å². The van der Waals surface area contributed by atoms with Gasteiger partial charge in [0.1, 0.15) is 5.82 Å². The van der Waals surface area contributed by atoms with E-state index in [2.05, 4.69) is 0 Å². The lowest BCUT2D eigenvalue weighted by atomic mass is 10.1. The Labute approximate surface area is 104 Å². The summed E-state index contributed by atoms with van der Waals surface area (Å²) in [6.45, 7) is 0.705. The van der Waals surface area contributed by atoms with Crippen molar-refractivity contribution in [1.29, 1.82) is 0 Å². The number of methoxy groups -OCH3 is 1. The molecule has 3 nitrogen and oxygen atoms in total. The molecular formula is C12H15FO3S. The summed E-state index contributed by atoms with van der Waals surface area (Å²) >= 11 is 1.64. The first kappa shape index (κ1) is 14.0. The van der Waals surface area contributed by atoms with E-state index in [0.717, 1.165) is 18.2 Å². The molecule has 0 bridgehead atoms. The van der Waals surface area contributed by atoms with Crippen LogP contribution in [0.5, 0.6) is 0 Å². The molecule has 0 fully saturated rings. The predicted molar refractivity (Wildman–Crippen MR) is 66.0 cm³/mol. The molecule has 0 aliphatic carbocycles. The number of ether oxygens (including phenoxy) is 1. The molecular weight excluding hydrogens is 243 g/mol. The van der Waals surface area contributed by atoms with Gasteiger partial charge in [-0.2, -0.15) is 11.8 Å². The van der Waals surface area contributed by atoms with E-state index >= 15 is 0 Å². The van der Waals surface area contributed by atoms with Crippen LogP contribution in [-0.4, -0.2) is 30.5 Å². The molecule has 0 radical (unpaired) electrons. The minimum Gasteiger partial charge on any atom is -0.478 e. The van der Waals surface area contributed by atoms with E-state index in [4.69, 9.17) is 9.84 Å². The normalized spacial score (nSPS) is 10.5. The van der Waals surface area contributed by atoms with E-state index in [1.54, 1.807) is 18.9 Å². The third-order valence-corrected chi connectivity index (χ3v) is 3.23. The summed E-state index contributed by atoms with van der Waals surface area (Å²) in [5.74, 6) is -0.0818. The Balaban J connectivity index is 2.50. The van der Waals surface area contributed by atoms with Gasteiger partial charge >= 0.3 is 5.97 Å². The zero-order valence-electron chi connectivity index (χ0n) is 9.61. The van der Waals surface area contributed by atoms with Crippen molar-refractivity contribution in [2.24, 2.45) is 0 Å². The summed E-state index contributed by atoms with van der Waals surface area (Å²) in [5, 5.41) is 8.79. The van der Waals surface area contributed by atoms with Gasteiger partial charge < -0.3 is 9.84 Å². The van der Waals surface area contributed by atoms with E-state index in [1.807, 2.05) is 0 Å². The molecule has 1 N–H and O–H groups in total. The minimum atomic E-state index is -1.10. The number of aromatic carboxylic acids is 1. The van der Waals surface area contributed by atoms with Gasteiger partial charge in [0, 0.05) is 19.5 Å². The SMILES string of the molecule is COCCCSCc1cc(F)cc(C(=O)O)c1. The standard InChI is InChI=1S/C12H15FO3S/c1-16-3-2-4-17-8-9-5-10(12(14)15)7-11(13)6-9/h5-7H,2-4,8H2,1H3,(H,14,15). The highest BCUT2D eigenvalue weighted by atomic mass is 32.2. The number of hydrogen-bond donors (Lipinski definition) is 1. The predicted octanol–water partition coefficient (Wildman–Crippen LogP) is 2.79. The van der Waals surface area contributed by atoms with Gasteiger partial charge in [0.2, 0.25) is 0 Å². The van der Waals surface area contributed by atoms with E-state index in [1.165, 1.54) is 12.1 Å². The van der Waals surface area contributed by atoms with Crippen LogP contribution in [0.25, 0.3) is 0 Å². The van der Waals surface area contributed by atoms with Gasteiger partial charge in [-0.3, -0.25) is 0 Å². The molecule has 17 heavy (non-hydrogen) atoms. The number of rotatable bonds is 7. The fourth-order valence-electron chi connectivity index (χ4n) is 1.35. The van der Waals surface area contributed by atoms with Crippen molar-refractivity contribution in [2.45, 2.75) is 12.2 Å². The number of halogens is 1. The molecule has 0 atom stereocenters. The third kappa shape index (κ3) is 5.19. The monoisotopic (exact) mass is 258 g/mol. The molecule has 0 heterocycles. The van der Waals surface area contributed by atoms with Crippen LogP contribution in [0.1, 0.15) is 22.3 Å². The van der Waals surface area contributed by atoms with Crippen molar-refractivity contribution in [1.82, 2.24) is 0 Å². The molecule has 0 spiro atoms. The molecule has 0 amide bonds. The first-order valence-electron chi connectivity index (χ1n) is 5.23. The topological polar surface area (TPSA) is 46.5 Å². The maximum absolute atomic E-state index is 13.1. The van der Waals surface area contributed by atoms with Crippen LogP contribution in [0, 0.1) is 5.82 Å². The van der Waals surface area contributed by atoms with Gasteiger partial charge in [-0.05, 0) is 35.9 Å². The lowest BCUT2D eigenvalue weighted by Crippen LogP contribution is -1.99. The second kappa shape index (κ2) is 7.29. The molecule has 0 aliphatic heterocycles. The highest BCUT2D eigenvalue weighted by Crippen LogP contribution is 2.16. The van der Waals surface area contributed by atoms with Crippen LogP contribution in [-0.2, 0) is 10.5 Å². The number of hydrogen-bond acceptors (Lipinski definition) is 3. The van der Waals surface area contributed by atoms with Gasteiger partial charge in [-0.1, -0.05) is 0 Å².